The second-order valence-electron chi connectivity index (χ2n) is 6.60. The van der Waals surface area contributed by atoms with E-state index in [9.17, 15) is 14.0 Å². The second kappa shape index (κ2) is 7.67. The minimum absolute atomic E-state index is 0.148. The largest absolute Gasteiger partial charge is 0.350 e. The number of benzene rings is 2. The number of para-hydroxylation sites is 1. The molecule has 4 aromatic rings. The maximum Gasteiger partial charge on any atom is 0.261 e. The molecule has 1 amide bonds. The topological polar surface area (TPSA) is 81.8 Å². The lowest BCUT2D eigenvalue weighted by atomic mass is 10.2. The Kier molecular flexibility index (Phi) is 4.90. The molecule has 1 N–H and O–H groups in total. The van der Waals surface area contributed by atoms with Gasteiger partial charge in [0.15, 0.2) is 0 Å². The number of halogens is 1. The van der Waals surface area contributed by atoms with Gasteiger partial charge in [-0.1, -0.05) is 18.2 Å². The molecule has 0 saturated heterocycles. The van der Waals surface area contributed by atoms with E-state index in [1.807, 2.05) is 0 Å². The fraction of sp³-hybridized carbons (Fsp3) is 0.143. The Balaban J connectivity index is 1.44. The smallest absolute Gasteiger partial charge is 0.261 e. The minimum Gasteiger partial charge on any atom is -0.350 e. The molecule has 0 spiro atoms. The van der Waals surface area contributed by atoms with Crippen LogP contribution in [0.1, 0.15) is 11.4 Å². The molecule has 8 heteroatoms. The van der Waals surface area contributed by atoms with E-state index in [4.69, 9.17) is 0 Å². The zero-order chi connectivity index (χ0) is 20.4. The number of hydrogen-bond acceptors (Lipinski definition) is 4. The Morgan fingerprint density at radius 2 is 2.00 bits per heavy atom. The molecular formula is C21H18FN5O2. The van der Waals surface area contributed by atoms with Crippen LogP contribution in [0.2, 0.25) is 0 Å². The highest BCUT2D eigenvalue weighted by Gasteiger charge is 2.10. The van der Waals surface area contributed by atoms with E-state index < -0.39 is 5.82 Å². The van der Waals surface area contributed by atoms with Crippen molar-refractivity contribution in [2.75, 3.05) is 0 Å². The molecule has 7 nitrogen and oxygen atoms in total. The van der Waals surface area contributed by atoms with Gasteiger partial charge in [-0.05, 0) is 36.8 Å². The van der Waals surface area contributed by atoms with Gasteiger partial charge in [0.25, 0.3) is 5.56 Å². The Bertz CT molecular complexity index is 1260. The maximum absolute atomic E-state index is 14.5. The van der Waals surface area contributed by atoms with Gasteiger partial charge in [-0.2, -0.15) is 0 Å². The van der Waals surface area contributed by atoms with Gasteiger partial charge >= 0.3 is 0 Å². The lowest BCUT2D eigenvalue weighted by molar-refractivity contribution is -0.121. The molecule has 0 aliphatic rings. The normalized spacial score (nSPS) is 11.0. The summed E-state index contributed by atoms with van der Waals surface area (Å²) in [7, 11) is 0. The van der Waals surface area contributed by atoms with Gasteiger partial charge in [0.05, 0.1) is 22.9 Å². The van der Waals surface area contributed by atoms with Crippen molar-refractivity contribution in [2.24, 2.45) is 0 Å². The van der Waals surface area contributed by atoms with E-state index in [0.29, 0.717) is 28.0 Å². The number of carbonyl (C=O) groups is 1. The summed E-state index contributed by atoms with van der Waals surface area (Å²) in [4.78, 5) is 33.0. The van der Waals surface area contributed by atoms with Crippen molar-refractivity contribution in [2.45, 2.75) is 20.0 Å². The molecule has 146 valence electrons. The number of aromatic nitrogens is 4. The monoisotopic (exact) mass is 391 g/mol. The summed E-state index contributed by atoms with van der Waals surface area (Å²) in [6.45, 7) is 1.78. The summed E-state index contributed by atoms with van der Waals surface area (Å²) in [5.41, 5.74) is 1.31. The number of carbonyl (C=O) groups excluding carboxylic acids is 1. The Morgan fingerprint density at radius 1 is 1.17 bits per heavy atom. The van der Waals surface area contributed by atoms with Gasteiger partial charge in [0.1, 0.15) is 18.2 Å². The molecule has 29 heavy (non-hydrogen) atoms. The summed E-state index contributed by atoms with van der Waals surface area (Å²) >= 11 is 0. The van der Waals surface area contributed by atoms with Gasteiger partial charge in [0, 0.05) is 18.9 Å². The van der Waals surface area contributed by atoms with Crippen LogP contribution < -0.4 is 10.9 Å². The van der Waals surface area contributed by atoms with E-state index in [2.05, 4.69) is 15.3 Å². The fourth-order valence-electron chi connectivity index (χ4n) is 3.12. The van der Waals surface area contributed by atoms with Crippen molar-refractivity contribution in [3.8, 4) is 5.69 Å². The van der Waals surface area contributed by atoms with E-state index >= 15 is 0 Å². The van der Waals surface area contributed by atoms with Gasteiger partial charge in [-0.15, -0.1) is 0 Å². The molecule has 0 bridgehead atoms. The summed E-state index contributed by atoms with van der Waals surface area (Å²) < 4.78 is 17.4. The Morgan fingerprint density at radius 3 is 2.76 bits per heavy atom. The van der Waals surface area contributed by atoms with Gasteiger partial charge < -0.3 is 9.88 Å². The molecule has 2 aromatic carbocycles. The van der Waals surface area contributed by atoms with Crippen LogP contribution in [0.5, 0.6) is 0 Å². The molecule has 2 aromatic heterocycles. The maximum atomic E-state index is 14.5. The number of amides is 1. The molecule has 0 radical (unpaired) electrons. The average molecular weight is 391 g/mol. The fourth-order valence-corrected chi connectivity index (χ4v) is 3.12. The van der Waals surface area contributed by atoms with Gasteiger partial charge in [0.2, 0.25) is 5.91 Å². The van der Waals surface area contributed by atoms with E-state index in [0.717, 1.165) is 0 Å². The first kappa shape index (κ1) is 18.5. The van der Waals surface area contributed by atoms with Crippen molar-refractivity contribution in [1.82, 2.24) is 24.4 Å². The van der Waals surface area contributed by atoms with Crippen molar-refractivity contribution in [3.05, 3.63) is 88.7 Å². The zero-order valence-electron chi connectivity index (χ0n) is 15.7. The zero-order valence-corrected chi connectivity index (χ0v) is 15.7. The first-order valence-corrected chi connectivity index (χ1v) is 9.02. The molecule has 0 aliphatic carbocycles. The van der Waals surface area contributed by atoms with Crippen molar-refractivity contribution in [1.29, 1.82) is 0 Å². The highest BCUT2D eigenvalue weighted by atomic mass is 19.1. The van der Waals surface area contributed by atoms with Crippen LogP contribution >= 0.6 is 0 Å². The molecule has 0 atom stereocenters. The number of imidazole rings is 1. The number of fused-ring (bicyclic) bond motifs is 1. The Hall–Kier alpha value is -3.81. The molecule has 0 unspecified atom stereocenters. The third kappa shape index (κ3) is 3.77. The van der Waals surface area contributed by atoms with E-state index in [-0.39, 0.29) is 24.6 Å². The minimum atomic E-state index is -0.409. The number of nitrogens with one attached hydrogen (secondary N) is 1. The quantitative estimate of drug-likeness (QED) is 0.566. The molecular weight excluding hydrogens is 373 g/mol. The predicted molar refractivity (Wildman–Crippen MR) is 106 cm³/mol. The summed E-state index contributed by atoms with van der Waals surface area (Å²) in [5, 5.41) is 3.16. The third-order valence-electron chi connectivity index (χ3n) is 4.63. The number of hydrogen-bond donors (Lipinski definition) is 1. The highest BCUT2D eigenvalue weighted by molar-refractivity contribution is 5.78. The number of rotatable bonds is 5. The first-order chi connectivity index (χ1) is 14.0. The molecule has 0 saturated carbocycles. The third-order valence-corrected chi connectivity index (χ3v) is 4.63. The van der Waals surface area contributed by atoms with E-state index in [1.165, 1.54) is 17.0 Å². The van der Waals surface area contributed by atoms with Gasteiger partial charge in [-0.25, -0.2) is 14.4 Å². The Labute approximate surface area is 165 Å². The number of aryl methyl sites for hydroxylation is 1. The standard InChI is InChI=1S/C21H18FN5O2/c1-14-23-8-9-27(14)19-7-6-15(10-17(19)22)11-24-20(28)12-26-13-25-18-5-3-2-4-16(18)21(26)29/h2-10,13H,11-12H2,1H3,(H,24,28). The number of nitrogens with zero attached hydrogens (tertiary/aromatic N) is 4. The van der Waals surface area contributed by atoms with Crippen LogP contribution in [0.25, 0.3) is 16.6 Å². The van der Waals surface area contributed by atoms with Crippen LogP contribution in [-0.2, 0) is 17.9 Å². The van der Waals surface area contributed by atoms with Crippen LogP contribution in [0.15, 0.2) is 66.0 Å². The van der Waals surface area contributed by atoms with Crippen LogP contribution in [0, 0.1) is 12.7 Å². The van der Waals surface area contributed by atoms with Gasteiger partial charge in [-0.3, -0.25) is 14.2 Å². The van der Waals surface area contributed by atoms with Crippen molar-refractivity contribution in [3.63, 3.8) is 0 Å². The summed E-state index contributed by atoms with van der Waals surface area (Å²) in [6, 6.07) is 11.7. The average Bonchev–Trinajstić information content (AvgIpc) is 3.14. The summed E-state index contributed by atoms with van der Waals surface area (Å²) in [5.74, 6) is -0.0914. The SMILES string of the molecule is Cc1nccn1-c1ccc(CNC(=O)Cn2cnc3ccccc3c2=O)cc1F. The first-order valence-electron chi connectivity index (χ1n) is 9.02. The highest BCUT2D eigenvalue weighted by Crippen LogP contribution is 2.16. The molecule has 0 fully saturated rings. The second-order valence-corrected chi connectivity index (χ2v) is 6.60. The lowest BCUT2D eigenvalue weighted by Gasteiger charge is -2.10. The van der Waals surface area contributed by atoms with Crippen molar-refractivity contribution < 1.29 is 9.18 Å². The lowest BCUT2D eigenvalue weighted by Crippen LogP contribution is -2.32. The van der Waals surface area contributed by atoms with Crippen molar-refractivity contribution >= 4 is 16.8 Å². The summed E-state index contributed by atoms with van der Waals surface area (Å²) in [6.07, 6.45) is 4.64. The molecule has 2 heterocycles. The van der Waals surface area contributed by atoms with E-state index in [1.54, 1.807) is 60.3 Å². The van der Waals surface area contributed by atoms with Crippen LogP contribution in [0.3, 0.4) is 0 Å². The molecule has 4 rings (SSSR count). The van der Waals surface area contributed by atoms with Crippen LogP contribution in [-0.4, -0.2) is 25.0 Å². The molecule has 0 aliphatic heterocycles. The van der Waals surface area contributed by atoms with Crippen LogP contribution in [0.4, 0.5) is 4.39 Å². The predicted octanol–water partition coefficient (Wildman–Crippen LogP) is 2.35.